The van der Waals surface area contributed by atoms with Gasteiger partial charge in [0.05, 0.1) is 0 Å². The van der Waals surface area contributed by atoms with E-state index in [4.69, 9.17) is 5.73 Å². The minimum Gasteiger partial charge on any atom is -0.323 e. The summed E-state index contributed by atoms with van der Waals surface area (Å²) in [5.41, 5.74) is 13.3. The van der Waals surface area contributed by atoms with Crippen molar-refractivity contribution in [3.63, 3.8) is 0 Å². The first-order valence-electron chi connectivity index (χ1n) is 7.70. The van der Waals surface area contributed by atoms with Crippen LogP contribution in [0, 0.1) is 13.8 Å². The topological polar surface area (TPSA) is 26.0 Å². The summed E-state index contributed by atoms with van der Waals surface area (Å²) in [5.74, 6) is 0.932. The van der Waals surface area contributed by atoms with Gasteiger partial charge in [0.2, 0.25) is 0 Å². The highest BCUT2D eigenvalue weighted by atomic mass is 32.2. The quantitative estimate of drug-likeness (QED) is 0.836. The first-order valence-corrected chi connectivity index (χ1v) is 8.69. The van der Waals surface area contributed by atoms with Crippen molar-refractivity contribution in [3.05, 3.63) is 64.2 Å². The third kappa shape index (κ3) is 3.50. The van der Waals surface area contributed by atoms with E-state index < -0.39 is 0 Å². The van der Waals surface area contributed by atoms with Gasteiger partial charge < -0.3 is 5.73 Å². The Bertz CT molecular complexity index is 628. The molecule has 0 radical (unpaired) electrons. The molecule has 0 amide bonds. The van der Waals surface area contributed by atoms with E-state index in [-0.39, 0.29) is 6.04 Å². The fourth-order valence-electron chi connectivity index (χ4n) is 3.14. The van der Waals surface area contributed by atoms with E-state index in [0.717, 1.165) is 5.75 Å². The summed E-state index contributed by atoms with van der Waals surface area (Å²) in [7, 11) is 0. The zero-order valence-corrected chi connectivity index (χ0v) is 13.7. The number of hydrogen-bond acceptors (Lipinski definition) is 2. The summed E-state index contributed by atoms with van der Waals surface area (Å²) in [6, 6.07) is 13.6. The molecular weight excluding hydrogens is 274 g/mol. The molecule has 1 nitrogen and oxygen atoms in total. The molecule has 2 aromatic rings. The average molecular weight is 297 g/mol. The van der Waals surface area contributed by atoms with Crippen LogP contribution in [0.1, 0.15) is 40.3 Å². The minimum absolute atomic E-state index is 0.0989. The zero-order chi connectivity index (χ0) is 14.8. The van der Waals surface area contributed by atoms with Crippen molar-refractivity contribution in [1.29, 1.82) is 0 Å². The maximum Gasteiger partial charge on any atom is 0.0390 e. The predicted molar refractivity (Wildman–Crippen MR) is 92.0 cm³/mol. The van der Waals surface area contributed by atoms with Gasteiger partial charge in [-0.2, -0.15) is 0 Å². The van der Waals surface area contributed by atoms with Crippen molar-refractivity contribution in [2.75, 3.05) is 5.75 Å². The average Bonchev–Trinajstić information content (AvgIpc) is 2.91. The van der Waals surface area contributed by atoms with Gasteiger partial charge in [-0.1, -0.05) is 35.4 Å². The van der Waals surface area contributed by atoms with Crippen molar-refractivity contribution >= 4 is 11.8 Å². The molecular formula is C19H23NS. The molecule has 2 heteroatoms. The summed E-state index contributed by atoms with van der Waals surface area (Å²) in [5, 5.41) is 0. The molecule has 1 aliphatic rings. The Balaban J connectivity index is 1.66. The minimum atomic E-state index is 0.0989. The number of aryl methyl sites for hydroxylation is 4. The molecule has 0 saturated heterocycles. The van der Waals surface area contributed by atoms with Crippen LogP contribution in [0.15, 0.2) is 41.3 Å². The molecule has 0 spiro atoms. The number of nitrogens with two attached hydrogens (primary N) is 1. The first-order chi connectivity index (χ1) is 10.1. The Labute approximate surface area is 132 Å². The zero-order valence-electron chi connectivity index (χ0n) is 12.9. The van der Waals surface area contributed by atoms with E-state index in [1.165, 1.54) is 46.4 Å². The van der Waals surface area contributed by atoms with Crippen molar-refractivity contribution in [1.82, 2.24) is 0 Å². The monoisotopic (exact) mass is 297 g/mol. The number of fused-ring (bicyclic) bond motifs is 1. The number of benzene rings is 2. The molecule has 0 heterocycles. The molecule has 21 heavy (non-hydrogen) atoms. The van der Waals surface area contributed by atoms with Gasteiger partial charge in [-0.25, -0.2) is 0 Å². The Kier molecular flexibility index (Phi) is 4.37. The summed E-state index contributed by atoms with van der Waals surface area (Å²) >= 11 is 1.88. The fourth-order valence-corrected chi connectivity index (χ4v) is 4.10. The summed E-state index contributed by atoms with van der Waals surface area (Å²) < 4.78 is 0. The van der Waals surface area contributed by atoms with E-state index >= 15 is 0 Å². The number of thioether (sulfide) groups is 1. The van der Waals surface area contributed by atoms with E-state index in [1.807, 2.05) is 11.8 Å². The summed E-state index contributed by atoms with van der Waals surface area (Å²) in [4.78, 5) is 1.36. The van der Waals surface area contributed by atoms with Crippen LogP contribution in [0.2, 0.25) is 0 Å². The first kappa shape index (κ1) is 14.7. The number of hydrogen-bond donors (Lipinski definition) is 1. The van der Waals surface area contributed by atoms with Crippen LogP contribution >= 0.6 is 11.8 Å². The molecule has 2 aromatic carbocycles. The SMILES string of the molecule is Cc1cc(C)cc(C(N)CSc2ccc3c(c2)CCC3)c1. The molecule has 1 atom stereocenters. The van der Waals surface area contributed by atoms with Crippen molar-refractivity contribution in [3.8, 4) is 0 Å². The van der Waals surface area contributed by atoms with Crippen molar-refractivity contribution in [2.24, 2.45) is 5.73 Å². The smallest absolute Gasteiger partial charge is 0.0390 e. The highest BCUT2D eigenvalue weighted by Crippen LogP contribution is 2.29. The van der Waals surface area contributed by atoms with E-state index in [9.17, 15) is 0 Å². The van der Waals surface area contributed by atoms with Gasteiger partial charge in [-0.15, -0.1) is 11.8 Å². The van der Waals surface area contributed by atoms with Gasteiger partial charge in [-0.05, 0) is 61.9 Å². The van der Waals surface area contributed by atoms with Crippen LogP contribution in [0.3, 0.4) is 0 Å². The molecule has 0 saturated carbocycles. The van der Waals surface area contributed by atoms with Gasteiger partial charge in [0.25, 0.3) is 0 Å². The molecule has 0 aromatic heterocycles. The maximum atomic E-state index is 6.37. The molecule has 0 aliphatic heterocycles. The lowest BCUT2D eigenvalue weighted by Gasteiger charge is -2.14. The predicted octanol–water partition coefficient (Wildman–Crippen LogP) is 4.58. The highest BCUT2D eigenvalue weighted by molar-refractivity contribution is 7.99. The lowest BCUT2D eigenvalue weighted by Crippen LogP contribution is -2.13. The van der Waals surface area contributed by atoms with Crippen LogP contribution in [0.4, 0.5) is 0 Å². The second-order valence-electron chi connectivity index (χ2n) is 6.12. The molecule has 1 unspecified atom stereocenters. The summed E-state index contributed by atoms with van der Waals surface area (Å²) in [6.07, 6.45) is 3.81. The van der Waals surface area contributed by atoms with Crippen LogP contribution in [-0.2, 0) is 12.8 Å². The maximum absolute atomic E-state index is 6.37. The van der Waals surface area contributed by atoms with Crippen LogP contribution < -0.4 is 5.73 Å². The highest BCUT2D eigenvalue weighted by Gasteiger charge is 2.12. The van der Waals surface area contributed by atoms with E-state index in [2.05, 4.69) is 50.2 Å². The van der Waals surface area contributed by atoms with Crippen molar-refractivity contribution < 1.29 is 0 Å². The lowest BCUT2D eigenvalue weighted by atomic mass is 10.0. The van der Waals surface area contributed by atoms with Gasteiger partial charge >= 0.3 is 0 Å². The molecule has 1 aliphatic carbocycles. The van der Waals surface area contributed by atoms with Gasteiger partial charge in [0, 0.05) is 16.7 Å². The van der Waals surface area contributed by atoms with E-state index in [0.29, 0.717) is 0 Å². The summed E-state index contributed by atoms with van der Waals surface area (Å²) in [6.45, 7) is 4.27. The van der Waals surface area contributed by atoms with Gasteiger partial charge in [0.1, 0.15) is 0 Å². The Morgan fingerprint density at radius 2 is 1.71 bits per heavy atom. The molecule has 110 valence electrons. The van der Waals surface area contributed by atoms with Crippen molar-refractivity contribution in [2.45, 2.75) is 44.0 Å². The third-order valence-corrected chi connectivity index (χ3v) is 5.28. The standard InChI is InChI=1S/C19H23NS/c1-13-8-14(2)10-17(9-13)19(20)12-21-18-7-6-15-4-3-5-16(15)11-18/h6-11,19H,3-5,12,20H2,1-2H3. The third-order valence-electron chi connectivity index (χ3n) is 4.17. The number of rotatable bonds is 4. The Morgan fingerprint density at radius 3 is 2.48 bits per heavy atom. The largest absolute Gasteiger partial charge is 0.323 e. The van der Waals surface area contributed by atoms with Crippen LogP contribution in [0.25, 0.3) is 0 Å². The van der Waals surface area contributed by atoms with Gasteiger partial charge in [0.15, 0.2) is 0 Å². The van der Waals surface area contributed by atoms with Crippen LogP contribution in [-0.4, -0.2) is 5.75 Å². The second-order valence-corrected chi connectivity index (χ2v) is 7.22. The normalized spacial score (nSPS) is 15.0. The molecule has 2 N–H and O–H groups in total. The Hall–Kier alpha value is -1.25. The fraction of sp³-hybridized carbons (Fsp3) is 0.368. The lowest BCUT2D eigenvalue weighted by molar-refractivity contribution is 0.828. The second kappa shape index (κ2) is 6.25. The van der Waals surface area contributed by atoms with Gasteiger partial charge in [-0.3, -0.25) is 0 Å². The molecule has 3 rings (SSSR count). The van der Waals surface area contributed by atoms with Crippen LogP contribution in [0.5, 0.6) is 0 Å². The molecule has 0 fully saturated rings. The Morgan fingerprint density at radius 1 is 1.00 bits per heavy atom. The molecule has 0 bridgehead atoms. The van der Waals surface area contributed by atoms with E-state index in [1.54, 1.807) is 5.56 Å².